The van der Waals surface area contributed by atoms with Crippen molar-refractivity contribution in [3.63, 3.8) is 0 Å². The van der Waals surface area contributed by atoms with E-state index < -0.39 is 0 Å². The van der Waals surface area contributed by atoms with Crippen molar-refractivity contribution in [3.8, 4) is 0 Å². The van der Waals surface area contributed by atoms with Gasteiger partial charge >= 0.3 is 0 Å². The second-order valence-corrected chi connectivity index (χ2v) is 7.88. The first-order chi connectivity index (χ1) is 12.6. The van der Waals surface area contributed by atoms with Gasteiger partial charge in [-0.2, -0.15) is 0 Å². The summed E-state index contributed by atoms with van der Waals surface area (Å²) in [5, 5.41) is 0.693. The lowest BCUT2D eigenvalue weighted by molar-refractivity contribution is -0.139. The average molecular weight is 398 g/mol. The minimum absolute atomic E-state index is 0.116. The molecule has 142 valence electrons. The number of piperazine rings is 1. The molecule has 0 saturated carbocycles. The van der Waals surface area contributed by atoms with Crippen LogP contribution in [-0.4, -0.2) is 91.3 Å². The smallest absolute Gasteiger partial charge is 0.236 e. The number of nitrogens with zero attached hydrogens (tertiary/aromatic N) is 3. The Morgan fingerprint density at radius 2 is 1.50 bits per heavy atom. The van der Waals surface area contributed by atoms with Gasteiger partial charge in [-0.25, -0.2) is 0 Å². The molecule has 8 heteroatoms. The fraction of sp³-hybridized carbons (Fsp3) is 0.556. The van der Waals surface area contributed by atoms with Gasteiger partial charge < -0.3 is 14.5 Å². The van der Waals surface area contributed by atoms with Gasteiger partial charge in [-0.1, -0.05) is 11.6 Å². The monoisotopic (exact) mass is 397 g/mol. The maximum atomic E-state index is 12.4. The molecule has 2 saturated heterocycles. The largest absolute Gasteiger partial charge is 0.379 e. The van der Waals surface area contributed by atoms with Crippen LogP contribution in [0.3, 0.4) is 0 Å². The second kappa shape index (κ2) is 9.60. The van der Waals surface area contributed by atoms with Gasteiger partial charge in [0.1, 0.15) is 0 Å². The zero-order valence-corrected chi connectivity index (χ0v) is 16.3. The Balaban J connectivity index is 1.39. The third-order valence-corrected chi connectivity index (χ3v) is 5.87. The van der Waals surface area contributed by atoms with Crippen LogP contribution in [0.5, 0.6) is 0 Å². The maximum absolute atomic E-state index is 12.4. The van der Waals surface area contributed by atoms with E-state index in [1.807, 2.05) is 34.1 Å². The second-order valence-electron chi connectivity index (χ2n) is 6.39. The van der Waals surface area contributed by atoms with E-state index in [2.05, 4.69) is 4.90 Å². The molecule has 6 nitrogen and oxygen atoms in total. The molecule has 1 aromatic carbocycles. The molecule has 0 atom stereocenters. The Morgan fingerprint density at radius 1 is 0.923 bits per heavy atom. The lowest BCUT2D eigenvalue weighted by Gasteiger charge is -2.36. The zero-order chi connectivity index (χ0) is 18.4. The molecule has 0 aliphatic carbocycles. The maximum Gasteiger partial charge on any atom is 0.236 e. The van der Waals surface area contributed by atoms with E-state index in [1.165, 1.54) is 11.8 Å². The summed E-state index contributed by atoms with van der Waals surface area (Å²) in [7, 11) is 0. The molecule has 26 heavy (non-hydrogen) atoms. The fourth-order valence-corrected chi connectivity index (χ4v) is 3.95. The van der Waals surface area contributed by atoms with E-state index in [4.69, 9.17) is 16.3 Å². The number of morpholine rings is 1. The van der Waals surface area contributed by atoms with Crippen molar-refractivity contribution in [3.05, 3.63) is 29.3 Å². The van der Waals surface area contributed by atoms with Crippen LogP contribution in [0.15, 0.2) is 29.2 Å². The number of ether oxygens (including phenoxy) is 1. The number of amides is 2. The highest BCUT2D eigenvalue weighted by Gasteiger charge is 2.25. The van der Waals surface area contributed by atoms with Gasteiger partial charge in [-0.05, 0) is 24.3 Å². The van der Waals surface area contributed by atoms with Crippen molar-refractivity contribution in [1.82, 2.24) is 14.7 Å². The highest BCUT2D eigenvalue weighted by atomic mass is 35.5. The molecule has 2 amide bonds. The van der Waals surface area contributed by atoms with Gasteiger partial charge in [-0.15, -0.1) is 11.8 Å². The summed E-state index contributed by atoms with van der Waals surface area (Å²) < 4.78 is 5.31. The predicted octanol–water partition coefficient (Wildman–Crippen LogP) is 1.44. The number of rotatable bonds is 5. The zero-order valence-electron chi connectivity index (χ0n) is 14.7. The van der Waals surface area contributed by atoms with E-state index in [9.17, 15) is 9.59 Å². The Hall–Kier alpha value is -1.28. The molecule has 0 unspecified atom stereocenters. The molecular formula is C18H24ClN3O3S. The van der Waals surface area contributed by atoms with Crippen LogP contribution in [0.1, 0.15) is 0 Å². The molecule has 1 aromatic rings. The van der Waals surface area contributed by atoms with Crippen molar-refractivity contribution < 1.29 is 14.3 Å². The third kappa shape index (κ3) is 5.61. The normalized spacial score (nSPS) is 18.8. The molecule has 2 aliphatic rings. The standard InChI is InChI=1S/C18H24ClN3O3S/c19-15-1-3-16(4-2-15)26-14-18(24)22-7-5-21(6-8-22)17(23)13-20-9-11-25-12-10-20/h1-4H,5-14H2. The summed E-state index contributed by atoms with van der Waals surface area (Å²) in [5.74, 6) is 0.670. The highest BCUT2D eigenvalue weighted by Crippen LogP contribution is 2.21. The summed E-state index contributed by atoms with van der Waals surface area (Å²) in [5.41, 5.74) is 0. The first-order valence-corrected chi connectivity index (χ1v) is 10.2. The molecule has 0 aromatic heterocycles. The molecule has 3 rings (SSSR count). The number of benzene rings is 1. The van der Waals surface area contributed by atoms with Crippen molar-refractivity contribution >= 4 is 35.2 Å². The quantitative estimate of drug-likeness (QED) is 0.704. The van der Waals surface area contributed by atoms with Crippen molar-refractivity contribution in [1.29, 1.82) is 0 Å². The first-order valence-electron chi connectivity index (χ1n) is 8.86. The molecule has 0 radical (unpaired) electrons. The minimum Gasteiger partial charge on any atom is -0.379 e. The Kier molecular flexibility index (Phi) is 7.19. The van der Waals surface area contributed by atoms with Crippen LogP contribution in [0.25, 0.3) is 0 Å². The van der Waals surface area contributed by atoms with E-state index in [0.29, 0.717) is 56.7 Å². The number of hydrogen-bond acceptors (Lipinski definition) is 5. The predicted molar refractivity (Wildman–Crippen MR) is 103 cm³/mol. The van der Waals surface area contributed by atoms with E-state index in [0.717, 1.165) is 18.0 Å². The Labute approximate surface area is 163 Å². The number of hydrogen-bond donors (Lipinski definition) is 0. The summed E-state index contributed by atoms with van der Waals surface area (Å²) in [6.07, 6.45) is 0. The van der Waals surface area contributed by atoms with E-state index >= 15 is 0 Å². The summed E-state index contributed by atoms with van der Waals surface area (Å²) >= 11 is 7.38. The number of thioether (sulfide) groups is 1. The number of carbonyl (C=O) groups excluding carboxylic acids is 2. The molecule has 2 fully saturated rings. The lowest BCUT2D eigenvalue weighted by Crippen LogP contribution is -2.53. The van der Waals surface area contributed by atoms with E-state index in [1.54, 1.807) is 0 Å². The number of halogens is 1. The van der Waals surface area contributed by atoms with Crippen molar-refractivity contribution in [2.75, 3.05) is 64.8 Å². The van der Waals surface area contributed by atoms with Gasteiger partial charge in [-0.3, -0.25) is 14.5 Å². The molecule has 0 N–H and O–H groups in total. The van der Waals surface area contributed by atoms with Gasteiger partial charge in [0.25, 0.3) is 0 Å². The van der Waals surface area contributed by atoms with Gasteiger partial charge in [0.2, 0.25) is 11.8 Å². The van der Waals surface area contributed by atoms with E-state index in [-0.39, 0.29) is 11.8 Å². The molecule has 0 bridgehead atoms. The SMILES string of the molecule is O=C(CSc1ccc(Cl)cc1)N1CCN(C(=O)CN2CCOCC2)CC1. The van der Waals surface area contributed by atoms with Crippen LogP contribution >= 0.6 is 23.4 Å². The topological polar surface area (TPSA) is 53.1 Å². The van der Waals surface area contributed by atoms with Crippen LogP contribution < -0.4 is 0 Å². The molecule has 2 aliphatic heterocycles. The fourth-order valence-electron chi connectivity index (χ4n) is 3.02. The van der Waals surface area contributed by atoms with Crippen LogP contribution in [0.2, 0.25) is 5.02 Å². The minimum atomic E-state index is 0.116. The van der Waals surface area contributed by atoms with Crippen LogP contribution in [0.4, 0.5) is 0 Å². The molecular weight excluding hydrogens is 374 g/mol. The van der Waals surface area contributed by atoms with Gasteiger partial charge in [0.05, 0.1) is 25.5 Å². The number of carbonyl (C=O) groups is 2. The van der Waals surface area contributed by atoms with Crippen molar-refractivity contribution in [2.24, 2.45) is 0 Å². The van der Waals surface area contributed by atoms with Crippen LogP contribution in [-0.2, 0) is 14.3 Å². The summed E-state index contributed by atoms with van der Waals surface area (Å²) in [6.45, 7) is 5.90. The third-order valence-electron chi connectivity index (χ3n) is 4.62. The van der Waals surface area contributed by atoms with Gasteiger partial charge in [0.15, 0.2) is 0 Å². The Morgan fingerprint density at radius 3 is 2.12 bits per heavy atom. The first kappa shape index (κ1) is 19.5. The van der Waals surface area contributed by atoms with Gasteiger partial charge in [0, 0.05) is 49.2 Å². The Bertz CT molecular complexity index is 615. The lowest BCUT2D eigenvalue weighted by atomic mass is 10.3. The van der Waals surface area contributed by atoms with Crippen molar-refractivity contribution in [2.45, 2.75) is 4.90 Å². The highest BCUT2D eigenvalue weighted by molar-refractivity contribution is 8.00. The summed E-state index contributed by atoms with van der Waals surface area (Å²) in [6, 6.07) is 7.49. The average Bonchev–Trinajstić information content (AvgIpc) is 2.68. The molecule has 0 spiro atoms. The summed E-state index contributed by atoms with van der Waals surface area (Å²) in [4.78, 5) is 31.7. The molecule has 2 heterocycles. The van der Waals surface area contributed by atoms with Crippen LogP contribution in [0, 0.1) is 0 Å².